The monoisotopic (exact) mass is 256 g/mol. The van der Waals surface area contributed by atoms with Crippen molar-refractivity contribution in [2.45, 2.75) is 26.7 Å². The molecule has 1 aromatic rings. The smallest absolute Gasteiger partial charge is 0.253 e. The van der Waals surface area contributed by atoms with Crippen LogP contribution in [0.5, 0.6) is 0 Å². The summed E-state index contributed by atoms with van der Waals surface area (Å²) in [6, 6.07) is 7.11. The van der Waals surface area contributed by atoms with Gasteiger partial charge in [-0.25, -0.2) is 0 Å². The lowest BCUT2D eigenvalue weighted by atomic mass is 10.1. The molecule has 3 nitrogen and oxygen atoms in total. The summed E-state index contributed by atoms with van der Waals surface area (Å²) in [6.07, 6.45) is 1.97. The summed E-state index contributed by atoms with van der Waals surface area (Å²) in [5.74, 6) is 0.101. The van der Waals surface area contributed by atoms with Crippen molar-refractivity contribution < 1.29 is 4.79 Å². The maximum absolute atomic E-state index is 12.1. The van der Waals surface area contributed by atoms with Crippen molar-refractivity contribution >= 4 is 24.0 Å². The fourth-order valence-electron chi connectivity index (χ4n) is 1.66. The number of nitrogen functional groups attached to an aromatic ring is 1. The third-order valence-electron chi connectivity index (χ3n) is 2.43. The molecule has 0 aliphatic carbocycles. The van der Waals surface area contributed by atoms with E-state index in [0.717, 1.165) is 31.5 Å². The highest BCUT2D eigenvalue weighted by Crippen LogP contribution is 2.09. The largest absolute Gasteiger partial charge is 0.399 e. The molecule has 2 N–H and O–H groups in total. The molecule has 4 heteroatoms. The highest BCUT2D eigenvalue weighted by molar-refractivity contribution is 5.94. The molecule has 1 amide bonds. The Morgan fingerprint density at radius 1 is 1.12 bits per heavy atom. The molecule has 0 atom stereocenters. The second-order valence-corrected chi connectivity index (χ2v) is 3.91. The maximum atomic E-state index is 12.1. The fourth-order valence-corrected chi connectivity index (χ4v) is 1.66. The number of benzene rings is 1. The molecule has 96 valence electrons. The Hall–Kier alpha value is -1.22. The summed E-state index contributed by atoms with van der Waals surface area (Å²) in [5, 5.41) is 0. The van der Waals surface area contributed by atoms with Gasteiger partial charge in [-0.3, -0.25) is 4.79 Å². The van der Waals surface area contributed by atoms with Crippen molar-refractivity contribution in [1.82, 2.24) is 4.90 Å². The van der Waals surface area contributed by atoms with E-state index in [0.29, 0.717) is 5.69 Å². The van der Waals surface area contributed by atoms with E-state index in [1.54, 1.807) is 24.3 Å². The van der Waals surface area contributed by atoms with Crippen molar-refractivity contribution in [2.24, 2.45) is 0 Å². The number of hydrogen-bond acceptors (Lipinski definition) is 2. The summed E-state index contributed by atoms with van der Waals surface area (Å²) >= 11 is 0. The van der Waals surface area contributed by atoms with Crippen LogP contribution in [-0.4, -0.2) is 23.9 Å². The predicted molar refractivity (Wildman–Crippen MR) is 74.6 cm³/mol. The Kier molecular flexibility index (Phi) is 7.39. The van der Waals surface area contributed by atoms with Crippen molar-refractivity contribution in [3.63, 3.8) is 0 Å². The summed E-state index contributed by atoms with van der Waals surface area (Å²) in [6.45, 7) is 5.80. The lowest BCUT2D eigenvalue weighted by Gasteiger charge is -2.21. The molecular weight excluding hydrogens is 236 g/mol. The number of rotatable bonds is 5. The van der Waals surface area contributed by atoms with E-state index in [9.17, 15) is 4.79 Å². The second kappa shape index (κ2) is 7.96. The average molecular weight is 257 g/mol. The Balaban J connectivity index is 0.00000256. The van der Waals surface area contributed by atoms with E-state index in [1.807, 2.05) is 4.90 Å². The first-order chi connectivity index (χ1) is 7.69. The first kappa shape index (κ1) is 15.8. The number of nitrogens with zero attached hydrogens (tertiary/aromatic N) is 1. The Labute approximate surface area is 109 Å². The molecule has 0 heterocycles. The molecule has 1 aromatic carbocycles. The lowest BCUT2D eigenvalue weighted by molar-refractivity contribution is 0.0755. The third kappa shape index (κ3) is 4.65. The Morgan fingerprint density at radius 2 is 1.59 bits per heavy atom. The zero-order valence-corrected chi connectivity index (χ0v) is 11.3. The molecular formula is C13H21ClN2O. The van der Waals surface area contributed by atoms with Crippen LogP contribution in [-0.2, 0) is 0 Å². The van der Waals surface area contributed by atoms with E-state index < -0.39 is 0 Å². The van der Waals surface area contributed by atoms with Crippen LogP contribution in [0.1, 0.15) is 37.0 Å². The molecule has 0 aliphatic rings. The highest BCUT2D eigenvalue weighted by Gasteiger charge is 2.13. The number of amides is 1. The number of anilines is 1. The molecule has 0 aliphatic heterocycles. The summed E-state index contributed by atoms with van der Waals surface area (Å²) in [7, 11) is 0. The van der Waals surface area contributed by atoms with E-state index in [1.165, 1.54) is 0 Å². The van der Waals surface area contributed by atoms with Crippen molar-refractivity contribution in [3.8, 4) is 0 Å². The van der Waals surface area contributed by atoms with Crippen LogP contribution in [0.3, 0.4) is 0 Å². The molecule has 0 saturated carbocycles. The molecule has 0 aromatic heterocycles. The van der Waals surface area contributed by atoms with Gasteiger partial charge in [0.15, 0.2) is 0 Å². The molecule has 0 saturated heterocycles. The van der Waals surface area contributed by atoms with Crippen LogP contribution in [0.2, 0.25) is 0 Å². The molecule has 17 heavy (non-hydrogen) atoms. The minimum Gasteiger partial charge on any atom is -0.399 e. The fraction of sp³-hybridized carbons (Fsp3) is 0.462. The van der Waals surface area contributed by atoms with Gasteiger partial charge in [-0.05, 0) is 37.1 Å². The molecule has 0 fully saturated rings. The molecule has 0 radical (unpaired) electrons. The van der Waals surface area contributed by atoms with E-state index in [4.69, 9.17) is 5.73 Å². The first-order valence-corrected chi connectivity index (χ1v) is 5.83. The Bertz CT molecular complexity index is 332. The molecule has 0 unspecified atom stereocenters. The topological polar surface area (TPSA) is 46.3 Å². The lowest BCUT2D eigenvalue weighted by Crippen LogP contribution is -2.32. The number of carbonyl (C=O) groups excluding carboxylic acids is 1. The number of halogens is 1. The van der Waals surface area contributed by atoms with E-state index in [2.05, 4.69) is 13.8 Å². The van der Waals surface area contributed by atoms with Gasteiger partial charge < -0.3 is 10.6 Å². The van der Waals surface area contributed by atoms with Crippen LogP contribution in [0.15, 0.2) is 24.3 Å². The quantitative estimate of drug-likeness (QED) is 0.824. The van der Waals surface area contributed by atoms with Gasteiger partial charge in [-0.2, -0.15) is 0 Å². The van der Waals surface area contributed by atoms with Crippen molar-refractivity contribution in [3.05, 3.63) is 29.8 Å². The van der Waals surface area contributed by atoms with E-state index in [-0.39, 0.29) is 18.3 Å². The van der Waals surface area contributed by atoms with Crippen LogP contribution in [0, 0.1) is 0 Å². The SMILES string of the molecule is CCCN(CCC)C(=O)c1ccc(N)cc1.Cl. The highest BCUT2D eigenvalue weighted by atomic mass is 35.5. The Morgan fingerprint density at radius 3 is 2.00 bits per heavy atom. The normalized spacial score (nSPS) is 9.53. The average Bonchev–Trinajstić information content (AvgIpc) is 2.29. The summed E-state index contributed by atoms with van der Waals surface area (Å²) in [5.41, 5.74) is 7.00. The summed E-state index contributed by atoms with van der Waals surface area (Å²) < 4.78 is 0. The van der Waals surface area contributed by atoms with Gasteiger partial charge >= 0.3 is 0 Å². The standard InChI is InChI=1S/C13H20N2O.ClH/c1-3-9-15(10-4-2)13(16)11-5-7-12(14)8-6-11;/h5-8H,3-4,9-10,14H2,1-2H3;1H. The number of carbonyl (C=O) groups is 1. The maximum Gasteiger partial charge on any atom is 0.253 e. The summed E-state index contributed by atoms with van der Waals surface area (Å²) in [4.78, 5) is 14.0. The zero-order chi connectivity index (χ0) is 12.0. The third-order valence-corrected chi connectivity index (χ3v) is 2.43. The minimum absolute atomic E-state index is 0. The first-order valence-electron chi connectivity index (χ1n) is 5.83. The number of hydrogen-bond donors (Lipinski definition) is 1. The van der Waals surface area contributed by atoms with Gasteiger partial charge in [0.1, 0.15) is 0 Å². The van der Waals surface area contributed by atoms with Gasteiger partial charge in [-0.1, -0.05) is 13.8 Å². The van der Waals surface area contributed by atoms with Crippen LogP contribution < -0.4 is 5.73 Å². The van der Waals surface area contributed by atoms with Gasteiger partial charge in [0.2, 0.25) is 0 Å². The predicted octanol–water partition coefficient (Wildman–Crippen LogP) is 2.95. The molecule has 1 rings (SSSR count). The van der Waals surface area contributed by atoms with Crippen molar-refractivity contribution in [1.29, 1.82) is 0 Å². The van der Waals surface area contributed by atoms with Gasteiger partial charge in [0, 0.05) is 24.3 Å². The minimum atomic E-state index is 0. The molecule has 0 spiro atoms. The van der Waals surface area contributed by atoms with E-state index >= 15 is 0 Å². The van der Waals surface area contributed by atoms with Gasteiger partial charge in [0.05, 0.1) is 0 Å². The van der Waals surface area contributed by atoms with Crippen molar-refractivity contribution in [2.75, 3.05) is 18.8 Å². The van der Waals surface area contributed by atoms with Gasteiger partial charge in [0.25, 0.3) is 5.91 Å². The molecule has 0 bridgehead atoms. The zero-order valence-electron chi connectivity index (χ0n) is 10.5. The van der Waals surface area contributed by atoms with Crippen LogP contribution in [0.4, 0.5) is 5.69 Å². The van der Waals surface area contributed by atoms with Crippen LogP contribution >= 0.6 is 12.4 Å². The van der Waals surface area contributed by atoms with Gasteiger partial charge in [-0.15, -0.1) is 12.4 Å². The van der Waals surface area contributed by atoms with Crippen LogP contribution in [0.25, 0.3) is 0 Å². The number of nitrogens with two attached hydrogens (primary N) is 1. The second-order valence-electron chi connectivity index (χ2n) is 3.91.